The molecule has 2 aromatic rings. The Kier molecular flexibility index (Phi) is 7.91. The average Bonchev–Trinajstić information content (AvgIpc) is 2.87. The number of halogens is 1. The molecule has 0 saturated heterocycles. The van der Waals surface area contributed by atoms with Crippen molar-refractivity contribution in [3.63, 3.8) is 0 Å². The SMILES string of the molecule is COc1cccc(-c2cc(F)ccc2C2CC3=C(C(C)=CN(N)C3)/C(=N/OCC(=O)N(C)CC(N)=O)N2)n1. The molecule has 2 aliphatic rings. The molecule has 38 heavy (non-hydrogen) atoms. The van der Waals surface area contributed by atoms with Gasteiger partial charge in [-0.05, 0) is 48.3 Å². The number of likely N-dealkylation sites (N-methyl/N-ethyl adjacent to an activating group) is 1. The van der Waals surface area contributed by atoms with Crippen LogP contribution in [-0.2, 0) is 14.4 Å². The highest BCUT2D eigenvalue weighted by atomic mass is 19.1. The summed E-state index contributed by atoms with van der Waals surface area (Å²) in [5.74, 6) is 5.46. The lowest BCUT2D eigenvalue weighted by Crippen LogP contribution is -2.42. The van der Waals surface area contributed by atoms with Gasteiger partial charge in [0.1, 0.15) is 5.82 Å². The Morgan fingerprint density at radius 1 is 1.32 bits per heavy atom. The van der Waals surface area contributed by atoms with Crippen molar-refractivity contribution < 1.29 is 23.6 Å². The molecule has 2 amide bonds. The van der Waals surface area contributed by atoms with Crippen molar-refractivity contribution in [3.8, 4) is 17.1 Å². The van der Waals surface area contributed by atoms with Gasteiger partial charge in [-0.1, -0.05) is 17.3 Å². The van der Waals surface area contributed by atoms with Gasteiger partial charge in [0.2, 0.25) is 11.8 Å². The van der Waals surface area contributed by atoms with Gasteiger partial charge < -0.3 is 30.5 Å². The molecule has 3 heterocycles. The quantitative estimate of drug-likeness (QED) is 0.349. The van der Waals surface area contributed by atoms with Gasteiger partial charge in [0, 0.05) is 30.5 Å². The number of aromatic nitrogens is 1. The van der Waals surface area contributed by atoms with Crippen LogP contribution >= 0.6 is 0 Å². The third-order valence-electron chi connectivity index (χ3n) is 6.24. The van der Waals surface area contributed by atoms with Gasteiger partial charge in [-0.2, -0.15) is 0 Å². The molecule has 1 aromatic carbocycles. The number of pyridine rings is 1. The number of carbonyl (C=O) groups is 2. The number of hydrogen-bond acceptors (Lipinski definition) is 8. The van der Waals surface area contributed by atoms with Gasteiger partial charge in [0.05, 0.1) is 31.9 Å². The molecule has 5 N–H and O–H groups in total. The monoisotopic (exact) mass is 523 g/mol. The van der Waals surface area contributed by atoms with E-state index in [0.717, 1.165) is 27.2 Å². The van der Waals surface area contributed by atoms with E-state index in [1.54, 1.807) is 35.5 Å². The first-order valence-corrected chi connectivity index (χ1v) is 11.9. The van der Waals surface area contributed by atoms with Crippen LogP contribution in [0.15, 0.2) is 64.5 Å². The third-order valence-corrected chi connectivity index (χ3v) is 6.24. The summed E-state index contributed by atoms with van der Waals surface area (Å²) in [7, 11) is 2.97. The van der Waals surface area contributed by atoms with Crippen molar-refractivity contribution in [2.24, 2.45) is 16.7 Å². The normalized spacial score (nSPS) is 17.9. The zero-order valence-corrected chi connectivity index (χ0v) is 21.4. The van der Waals surface area contributed by atoms with E-state index in [1.807, 2.05) is 6.92 Å². The number of benzene rings is 1. The highest BCUT2D eigenvalue weighted by Gasteiger charge is 2.32. The maximum Gasteiger partial charge on any atom is 0.263 e. The zero-order valence-electron chi connectivity index (χ0n) is 21.4. The molecule has 200 valence electrons. The largest absolute Gasteiger partial charge is 0.481 e. The van der Waals surface area contributed by atoms with E-state index >= 15 is 0 Å². The van der Waals surface area contributed by atoms with E-state index in [2.05, 4.69) is 15.5 Å². The summed E-state index contributed by atoms with van der Waals surface area (Å²) in [6.07, 6.45) is 2.36. The minimum absolute atomic E-state index is 0.228. The van der Waals surface area contributed by atoms with Crippen molar-refractivity contribution >= 4 is 17.6 Å². The van der Waals surface area contributed by atoms with E-state index in [0.29, 0.717) is 35.9 Å². The highest BCUT2D eigenvalue weighted by Crippen LogP contribution is 2.38. The average molecular weight is 524 g/mol. The zero-order chi connectivity index (χ0) is 27.4. The molecule has 4 rings (SSSR count). The summed E-state index contributed by atoms with van der Waals surface area (Å²) in [5, 5.41) is 9.23. The van der Waals surface area contributed by atoms with Crippen LogP contribution in [0.3, 0.4) is 0 Å². The molecule has 2 aliphatic heterocycles. The van der Waals surface area contributed by atoms with Gasteiger partial charge in [-0.25, -0.2) is 15.2 Å². The van der Waals surface area contributed by atoms with Crippen molar-refractivity contribution in [1.29, 1.82) is 0 Å². The molecule has 1 unspecified atom stereocenters. The second kappa shape index (κ2) is 11.3. The number of hydrazine groups is 1. The summed E-state index contributed by atoms with van der Waals surface area (Å²) < 4.78 is 19.6. The number of primary amides is 1. The molecule has 0 spiro atoms. The van der Waals surface area contributed by atoms with Gasteiger partial charge in [-0.15, -0.1) is 0 Å². The van der Waals surface area contributed by atoms with Gasteiger partial charge in [-0.3, -0.25) is 9.59 Å². The number of methoxy groups -OCH3 is 1. The predicted octanol–water partition coefficient (Wildman–Crippen LogP) is 1.59. The molecular weight excluding hydrogens is 493 g/mol. The molecule has 1 aromatic heterocycles. The summed E-state index contributed by atoms with van der Waals surface area (Å²) in [6, 6.07) is 9.51. The van der Waals surface area contributed by atoms with Gasteiger partial charge in [0.15, 0.2) is 12.4 Å². The number of rotatable bonds is 8. The standard InChI is InChI=1S/C26H30FN7O4/c1-15-11-34(29)12-16-9-21(31-26(25(15)16)32-38-14-24(36)33(2)13-22(28)35)18-8-7-17(27)10-19(18)20-5-4-6-23(30-20)37-3/h4-8,10-11,21H,9,12-14,29H2,1-3H3,(H2,28,35)(H,31,32). The van der Waals surface area contributed by atoms with Crippen molar-refractivity contribution in [1.82, 2.24) is 20.2 Å². The first-order valence-electron chi connectivity index (χ1n) is 11.9. The van der Waals surface area contributed by atoms with E-state index in [9.17, 15) is 14.0 Å². The smallest absolute Gasteiger partial charge is 0.263 e. The number of carbonyl (C=O) groups excluding carboxylic acids is 2. The fraction of sp³-hybridized carbons (Fsp3) is 0.308. The fourth-order valence-electron chi connectivity index (χ4n) is 4.57. The van der Waals surface area contributed by atoms with Crippen LogP contribution in [0.5, 0.6) is 5.88 Å². The third kappa shape index (κ3) is 5.92. The second-order valence-electron chi connectivity index (χ2n) is 9.09. The van der Waals surface area contributed by atoms with Crippen LogP contribution in [0, 0.1) is 5.82 Å². The number of hydrogen-bond donors (Lipinski definition) is 3. The number of nitrogens with one attached hydrogen (secondary N) is 1. The Morgan fingerprint density at radius 3 is 2.84 bits per heavy atom. The fourth-order valence-corrected chi connectivity index (χ4v) is 4.57. The summed E-state index contributed by atoms with van der Waals surface area (Å²) >= 11 is 0. The van der Waals surface area contributed by atoms with Crippen LogP contribution < -0.4 is 21.6 Å². The van der Waals surface area contributed by atoms with Crippen LogP contribution in [0.1, 0.15) is 24.9 Å². The minimum Gasteiger partial charge on any atom is -0.481 e. The van der Waals surface area contributed by atoms with Gasteiger partial charge >= 0.3 is 0 Å². The number of amidine groups is 1. The number of nitrogens with two attached hydrogens (primary N) is 2. The molecule has 0 aliphatic carbocycles. The Balaban J connectivity index is 1.68. The molecule has 0 saturated carbocycles. The summed E-state index contributed by atoms with van der Waals surface area (Å²) in [4.78, 5) is 34.4. The molecule has 11 nitrogen and oxygen atoms in total. The number of nitrogens with zero attached hydrogens (tertiary/aromatic N) is 4. The second-order valence-corrected chi connectivity index (χ2v) is 9.09. The van der Waals surface area contributed by atoms with E-state index in [4.69, 9.17) is 21.2 Å². The Bertz CT molecular complexity index is 1340. The first-order chi connectivity index (χ1) is 18.2. The minimum atomic E-state index is -0.631. The van der Waals surface area contributed by atoms with Crippen molar-refractivity contribution in [2.75, 3.05) is 33.9 Å². The molecule has 12 heteroatoms. The molecular formula is C26H30FN7O4. The van der Waals surface area contributed by atoms with Crippen LogP contribution in [-0.4, -0.2) is 66.4 Å². The van der Waals surface area contributed by atoms with Crippen LogP contribution in [0.25, 0.3) is 11.3 Å². The van der Waals surface area contributed by atoms with Crippen molar-refractivity contribution in [3.05, 3.63) is 70.7 Å². The van der Waals surface area contributed by atoms with Gasteiger partial charge in [0.25, 0.3) is 5.91 Å². The summed E-state index contributed by atoms with van der Waals surface area (Å²) in [6.45, 7) is 1.75. The highest BCUT2D eigenvalue weighted by molar-refractivity contribution is 6.04. The Labute approximate surface area is 219 Å². The summed E-state index contributed by atoms with van der Waals surface area (Å²) in [5.41, 5.74) is 9.81. The first kappa shape index (κ1) is 26.6. The molecule has 0 radical (unpaired) electrons. The Hall–Kier alpha value is -4.45. The van der Waals surface area contributed by atoms with Crippen LogP contribution in [0.4, 0.5) is 4.39 Å². The van der Waals surface area contributed by atoms with E-state index < -0.39 is 17.6 Å². The maximum absolute atomic E-state index is 14.4. The van der Waals surface area contributed by atoms with Crippen LogP contribution in [0.2, 0.25) is 0 Å². The molecule has 0 fully saturated rings. The number of ether oxygens (including phenoxy) is 1. The lowest BCUT2D eigenvalue weighted by atomic mass is 9.85. The lowest BCUT2D eigenvalue weighted by molar-refractivity contribution is -0.137. The topological polar surface area (TPSA) is 148 Å². The van der Waals surface area contributed by atoms with Crippen molar-refractivity contribution in [2.45, 2.75) is 19.4 Å². The molecule has 0 bridgehead atoms. The lowest BCUT2D eigenvalue weighted by Gasteiger charge is -2.35. The number of amides is 2. The Morgan fingerprint density at radius 2 is 2.11 bits per heavy atom. The number of oxime groups is 1. The predicted molar refractivity (Wildman–Crippen MR) is 139 cm³/mol. The van der Waals surface area contributed by atoms with E-state index in [1.165, 1.54) is 26.3 Å². The maximum atomic E-state index is 14.4. The van der Waals surface area contributed by atoms with E-state index in [-0.39, 0.29) is 19.2 Å². The molecule has 1 atom stereocenters.